The van der Waals surface area contributed by atoms with Crippen LogP contribution >= 0.6 is 11.6 Å². The van der Waals surface area contributed by atoms with Gasteiger partial charge >= 0.3 is 6.61 Å². The second-order valence-electron chi connectivity index (χ2n) is 8.78. The average Bonchev–Trinajstić information content (AvgIpc) is 3.09. The van der Waals surface area contributed by atoms with Crippen LogP contribution in [0.3, 0.4) is 0 Å². The quantitative estimate of drug-likeness (QED) is 0.772. The lowest BCUT2D eigenvalue weighted by Crippen LogP contribution is -2.60. The smallest absolute Gasteiger partial charge is 0.387 e. The van der Waals surface area contributed by atoms with Crippen molar-refractivity contribution in [3.05, 3.63) is 35.9 Å². The molecule has 0 saturated heterocycles. The summed E-state index contributed by atoms with van der Waals surface area (Å²) in [6.07, 6.45) is 7.28. The van der Waals surface area contributed by atoms with Crippen LogP contribution in [0.15, 0.2) is 30.6 Å². The number of rotatable bonds is 5. The minimum Gasteiger partial charge on any atom is -0.435 e. The summed E-state index contributed by atoms with van der Waals surface area (Å²) in [6, 6.07) is 6.03. The van der Waals surface area contributed by atoms with Crippen molar-refractivity contribution >= 4 is 23.2 Å². The molecule has 1 N–H and O–H groups in total. The van der Waals surface area contributed by atoms with Crippen molar-refractivity contribution in [3.8, 4) is 5.75 Å². The molecular weight excluding hydrogens is 402 g/mol. The number of alkyl halides is 2. The Balaban J connectivity index is 1.38. The number of nitrogens with zero attached hydrogens (tertiary/aromatic N) is 3. The van der Waals surface area contributed by atoms with Crippen LogP contribution in [0.4, 0.5) is 14.5 Å². The van der Waals surface area contributed by atoms with Crippen molar-refractivity contribution in [1.29, 1.82) is 0 Å². The Morgan fingerprint density at radius 2 is 1.90 bits per heavy atom. The summed E-state index contributed by atoms with van der Waals surface area (Å²) >= 11 is 5.97. The third kappa shape index (κ3) is 3.27. The third-order valence-corrected chi connectivity index (χ3v) is 6.97. The van der Waals surface area contributed by atoms with Crippen molar-refractivity contribution in [2.24, 2.45) is 17.3 Å². The van der Waals surface area contributed by atoms with Gasteiger partial charge in [-0.2, -0.15) is 8.78 Å². The number of ether oxygens (including phenoxy) is 1. The lowest BCUT2D eigenvalue weighted by Gasteiger charge is -2.60. The third-order valence-electron chi connectivity index (χ3n) is 6.80. The van der Waals surface area contributed by atoms with E-state index in [2.05, 4.69) is 20.1 Å². The van der Waals surface area contributed by atoms with Gasteiger partial charge in [-0.25, -0.2) is 9.67 Å². The van der Waals surface area contributed by atoms with Gasteiger partial charge in [-0.05, 0) is 86.2 Å². The summed E-state index contributed by atoms with van der Waals surface area (Å²) in [6.45, 7) is -2.87. The molecule has 6 nitrogen and oxygen atoms in total. The van der Waals surface area contributed by atoms with Crippen LogP contribution in [-0.2, 0) is 10.3 Å². The van der Waals surface area contributed by atoms with E-state index in [1.807, 2.05) is 4.68 Å². The van der Waals surface area contributed by atoms with E-state index < -0.39 is 12.0 Å². The molecule has 1 heterocycles. The van der Waals surface area contributed by atoms with Gasteiger partial charge in [0.1, 0.15) is 12.1 Å². The summed E-state index contributed by atoms with van der Waals surface area (Å²) in [5.41, 5.74) is -0.0952. The maximum Gasteiger partial charge on any atom is 0.387 e. The predicted molar refractivity (Wildman–Crippen MR) is 102 cm³/mol. The Labute approximate surface area is 171 Å². The van der Waals surface area contributed by atoms with Gasteiger partial charge in [-0.3, -0.25) is 4.79 Å². The molecule has 4 fully saturated rings. The molecule has 1 aromatic carbocycles. The highest BCUT2D eigenvalue weighted by Gasteiger charge is 2.61. The minimum atomic E-state index is -2.87. The Morgan fingerprint density at radius 3 is 2.48 bits per heavy atom. The monoisotopic (exact) mass is 422 g/mol. The highest BCUT2D eigenvalue weighted by molar-refractivity contribution is 6.28. The van der Waals surface area contributed by atoms with Crippen molar-refractivity contribution in [1.82, 2.24) is 14.8 Å². The van der Waals surface area contributed by atoms with Crippen LogP contribution in [0.2, 0.25) is 5.28 Å². The molecule has 2 aromatic rings. The fourth-order valence-corrected chi connectivity index (χ4v) is 6.33. The minimum absolute atomic E-state index is 0.00952. The number of amides is 1. The first-order chi connectivity index (χ1) is 13.9. The number of halogens is 3. The molecule has 0 radical (unpaired) electrons. The van der Waals surface area contributed by atoms with E-state index in [1.54, 1.807) is 18.5 Å². The molecule has 29 heavy (non-hydrogen) atoms. The average molecular weight is 423 g/mol. The fraction of sp³-hybridized carbons (Fsp3) is 0.550. The molecule has 154 valence electrons. The summed E-state index contributed by atoms with van der Waals surface area (Å²) < 4.78 is 30.9. The topological polar surface area (TPSA) is 69.0 Å². The van der Waals surface area contributed by atoms with E-state index in [1.165, 1.54) is 12.1 Å². The SMILES string of the molecule is O=C(Nc1ccc(OC(F)F)cc1)C12CC3CC(C1)CC(n1cnc(Cl)n1)(C3)C2. The van der Waals surface area contributed by atoms with Gasteiger partial charge in [0.15, 0.2) is 0 Å². The highest BCUT2D eigenvalue weighted by Crippen LogP contribution is 2.64. The van der Waals surface area contributed by atoms with Crippen LogP contribution in [-0.4, -0.2) is 27.3 Å². The van der Waals surface area contributed by atoms with E-state index in [0.29, 0.717) is 23.9 Å². The lowest BCUT2D eigenvalue weighted by molar-refractivity contribution is -0.150. The van der Waals surface area contributed by atoms with E-state index in [9.17, 15) is 13.6 Å². The molecule has 2 unspecified atom stereocenters. The van der Waals surface area contributed by atoms with Crippen molar-refractivity contribution in [2.75, 3.05) is 5.32 Å². The molecular formula is C20H21ClF2N4O2. The molecule has 0 spiro atoms. The molecule has 4 aliphatic carbocycles. The zero-order valence-electron chi connectivity index (χ0n) is 15.7. The predicted octanol–water partition coefficient (Wildman–Crippen LogP) is 4.47. The second-order valence-corrected chi connectivity index (χ2v) is 9.12. The molecule has 2 atom stereocenters. The van der Waals surface area contributed by atoms with Crippen LogP contribution in [0.5, 0.6) is 5.75 Å². The van der Waals surface area contributed by atoms with E-state index >= 15 is 0 Å². The van der Waals surface area contributed by atoms with Gasteiger partial charge in [0.25, 0.3) is 0 Å². The number of carbonyl (C=O) groups excluding carboxylic acids is 1. The fourth-order valence-electron chi connectivity index (χ4n) is 6.20. The van der Waals surface area contributed by atoms with Gasteiger partial charge < -0.3 is 10.1 Å². The molecule has 0 aliphatic heterocycles. The van der Waals surface area contributed by atoms with Crippen molar-refractivity contribution in [3.63, 3.8) is 0 Å². The first-order valence-electron chi connectivity index (χ1n) is 9.80. The molecule has 4 aliphatic rings. The Morgan fingerprint density at radius 1 is 1.21 bits per heavy atom. The zero-order chi connectivity index (χ0) is 20.2. The van der Waals surface area contributed by atoms with Gasteiger partial charge in [0.05, 0.1) is 11.0 Å². The van der Waals surface area contributed by atoms with Crippen LogP contribution in [0.25, 0.3) is 0 Å². The lowest BCUT2D eigenvalue weighted by atomic mass is 9.46. The Bertz CT molecular complexity index is 919. The second kappa shape index (κ2) is 6.65. The Kier molecular flexibility index (Phi) is 4.31. The maximum absolute atomic E-state index is 13.4. The van der Waals surface area contributed by atoms with E-state index in [4.69, 9.17) is 11.6 Å². The van der Waals surface area contributed by atoms with E-state index in [0.717, 1.165) is 32.1 Å². The molecule has 4 bridgehead atoms. The van der Waals surface area contributed by atoms with Crippen LogP contribution in [0, 0.1) is 17.3 Å². The van der Waals surface area contributed by atoms with E-state index in [-0.39, 0.29) is 22.5 Å². The first-order valence-corrected chi connectivity index (χ1v) is 10.2. The summed E-state index contributed by atoms with van der Waals surface area (Å²) in [4.78, 5) is 17.5. The number of hydrogen-bond donors (Lipinski definition) is 1. The van der Waals surface area contributed by atoms with Crippen molar-refractivity contribution in [2.45, 2.75) is 50.7 Å². The molecule has 9 heteroatoms. The van der Waals surface area contributed by atoms with Gasteiger partial charge in [0.2, 0.25) is 11.2 Å². The largest absolute Gasteiger partial charge is 0.435 e. The number of hydrogen-bond acceptors (Lipinski definition) is 4. The maximum atomic E-state index is 13.4. The first kappa shape index (κ1) is 18.8. The number of aromatic nitrogens is 3. The number of anilines is 1. The summed E-state index contributed by atoms with van der Waals surface area (Å²) in [5, 5.41) is 7.60. The standard InChI is InChI=1S/C20H21ClF2N4O2/c21-17-24-11-27(26-17)20-8-12-5-13(9-20)7-19(6-12,10-20)16(28)25-14-1-3-15(4-2-14)29-18(22)23/h1-4,11-13,18H,5-10H2,(H,25,28). The number of nitrogens with one attached hydrogen (secondary N) is 1. The molecule has 6 rings (SSSR count). The molecule has 1 aromatic heterocycles. The van der Waals surface area contributed by atoms with Gasteiger partial charge in [-0.15, -0.1) is 5.10 Å². The Hall–Kier alpha value is -2.22. The molecule has 1 amide bonds. The van der Waals surface area contributed by atoms with Gasteiger partial charge in [-0.1, -0.05) is 0 Å². The molecule has 4 saturated carbocycles. The van der Waals surface area contributed by atoms with Crippen LogP contribution in [0.1, 0.15) is 38.5 Å². The van der Waals surface area contributed by atoms with Gasteiger partial charge in [0, 0.05) is 5.69 Å². The van der Waals surface area contributed by atoms with Crippen LogP contribution < -0.4 is 10.1 Å². The summed E-state index contributed by atoms with van der Waals surface area (Å²) in [7, 11) is 0. The normalized spacial score (nSPS) is 32.6. The summed E-state index contributed by atoms with van der Waals surface area (Å²) in [5.74, 6) is 1.01. The number of carbonyl (C=O) groups is 1. The van der Waals surface area contributed by atoms with Crippen molar-refractivity contribution < 1.29 is 18.3 Å². The highest BCUT2D eigenvalue weighted by atomic mass is 35.5. The number of benzene rings is 1. The zero-order valence-corrected chi connectivity index (χ0v) is 16.4.